The van der Waals surface area contributed by atoms with E-state index in [0.717, 1.165) is 12.1 Å². The molecule has 1 aliphatic heterocycles. The predicted molar refractivity (Wildman–Crippen MR) is 49.9 cm³/mol. The van der Waals surface area contributed by atoms with Crippen LogP contribution in [0.25, 0.3) is 0 Å². The third-order valence-corrected chi connectivity index (χ3v) is 2.35. The molecule has 0 aliphatic carbocycles. The number of rotatable bonds is 0. The standard InChI is InChI=1S/C10H9F2NO2/c1-5-10(14)13(2)8-3-6(11)7(12)4-9(8)15-5/h3-5H,1-2H3. The molecule has 0 saturated heterocycles. The topological polar surface area (TPSA) is 29.5 Å². The van der Waals surface area contributed by atoms with Crippen molar-refractivity contribution in [2.24, 2.45) is 0 Å². The highest BCUT2D eigenvalue weighted by atomic mass is 19.2. The number of hydrogen-bond donors (Lipinski definition) is 0. The highest BCUT2D eigenvalue weighted by molar-refractivity contribution is 5.99. The van der Waals surface area contributed by atoms with Gasteiger partial charge in [0, 0.05) is 19.2 Å². The molecule has 0 bridgehead atoms. The van der Waals surface area contributed by atoms with Gasteiger partial charge in [0.05, 0.1) is 5.69 Å². The van der Waals surface area contributed by atoms with Crippen molar-refractivity contribution >= 4 is 11.6 Å². The lowest BCUT2D eigenvalue weighted by Crippen LogP contribution is -2.42. The summed E-state index contributed by atoms with van der Waals surface area (Å²) in [6.45, 7) is 1.56. The summed E-state index contributed by atoms with van der Waals surface area (Å²) in [5, 5.41) is 0. The van der Waals surface area contributed by atoms with E-state index in [2.05, 4.69) is 0 Å². The van der Waals surface area contributed by atoms with Gasteiger partial charge in [0.15, 0.2) is 17.7 Å². The SMILES string of the molecule is CC1Oc2cc(F)c(F)cc2N(C)C1=O. The Morgan fingerprint density at radius 1 is 1.33 bits per heavy atom. The Balaban J connectivity index is 2.56. The van der Waals surface area contributed by atoms with Crippen LogP contribution >= 0.6 is 0 Å². The third-order valence-electron chi connectivity index (χ3n) is 2.35. The van der Waals surface area contributed by atoms with Crippen molar-refractivity contribution in [2.45, 2.75) is 13.0 Å². The Morgan fingerprint density at radius 3 is 2.60 bits per heavy atom. The molecule has 2 rings (SSSR count). The third kappa shape index (κ3) is 1.44. The zero-order valence-corrected chi connectivity index (χ0v) is 8.25. The molecule has 5 heteroatoms. The first-order valence-electron chi connectivity index (χ1n) is 4.44. The highest BCUT2D eigenvalue weighted by Crippen LogP contribution is 2.34. The van der Waals surface area contributed by atoms with Crippen molar-refractivity contribution in [1.29, 1.82) is 0 Å². The minimum atomic E-state index is -0.994. The number of ether oxygens (including phenoxy) is 1. The first-order valence-corrected chi connectivity index (χ1v) is 4.44. The summed E-state index contributed by atoms with van der Waals surface area (Å²) < 4.78 is 31.0. The number of carbonyl (C=O) groups is 1. The fraction of sp³-hybridized carbons (Fsp3) is 0.300. The summed E-state index contributed by atoms with van der Waals surface area (Å²) in [5.74, 6) is -2.08. The molecule has 0 N–H and O–H groups in total. The summed E-state index contributed by atoms with van der Waals surface area (Å²) in [4.78, 5) is 12.7. The summed E-state index contributed by atoms with van der Waals surface area (Å²) in [7, 11) is 1.50. The number of fused-ring (bicyclic) bond motifs is 1. The van der Waals surface area contributed by atoms with Gasteiger partial charge in [0.1, 0.15) is 5.75 Å². The van der Waals surface area contributed by atoms with Crippen molar-refractivity contribution in [3.8, 4) is 5.75 Å². The normalized spacial score (nSPS) is 19.9. The van der Waals surface area contributed by atoms with Crippen molar-refractivity contribution < 1.29 is 18.3 Å². The van der Waals surface area contributed by atoms with Crippen molar-refractivity contribution in [3.05, 3.63) is 23.8 Å². The molecule has 3 nitrogen and oxygen atoms in total. The van der Waals surface area contributed by atoms with E-state index in [1.54, 1.807) is 6.92 Å². The van der Waals surface area contributed by atoms with Gasteiger partial charge >= 0.3 is 0 Å². The van der Waals surface area contributed by atoms with Crippen LogP contribution in [0.4, 0.5) is 14.5 Å². The maximum Gasteiger partial charge on any atom is 0.267 e. The van der Waals surface area contributed by atoms with Gasteiger partial charge in [0.25, 0.3) is 5.91 Å². The number of hydrogen-bond acceptors (Lipinski definition) is 2. The van der Waals surface area contributed by atoms with E-state index in [9.17, 15) is 13.6 Å². The molecule has 80 valence electrons. The first kappa shape index (κ1) is 9.89. The average Bonchev–Trinajstić information content (AvgIpc) is 2.19. The van der Waals surface area contributed by atoms with E-state index in [1.165, 1.54) is 11.9 Å². The van der Waals surface area contributed by atoms with Gasteiger partial charge in [-0.25, -0.2) is 8.78 Å². The van der Waals surface area contributed by atoms with Gasteiger partial charge in [0.2, 0.25) is 0 Å². The van der Waals surface area contributed by atoms with Crippen LogP contribution in [0.15, 0.2) is 12.1 Å². The van der Waals surface area contributed by atoms with Crippen LogP contribution in [0.2, 0.25) is 0 Å². The minimum Gasteiger partial charge on any atom is -0.479 e. The van der Waals surface area contributed by atoms with Crippen LogP contribution in [-0.2, 0) is 4.79 Å². The van der Waals surface area contributed by atoms with Gasteiger partial charge in [-0.15, -0.1) is 0 Å². The maximum absolute atomic E-state index is 12.9. The van der Waals surface area contributed by atoms with Gasteiger partial charge in [-0.3, -0.25) is 4.79 Å². The largest absolute Gasteiger partial charge is 0.479 e. The van der Waals surface area contributed by atoms with Crippen LogP contribution in [0.5, 0.6) is 5.75 Å². The Bertz CT molecular complexity index is 434. The molecule has 15 heavy (non-hydrogen) atoms. The predicted octanol–water partition coefficient (Wildman–Crippen LogP) is 1.71. The van der Waals surface area contributed by atoms with E-state index < -0.39 is 17.7 Å². The Hall–Kier alpha value is -1.65. The van der Waals surface area contributed by atoms with E-state index in [1.807, 2.05) is 0 Å². The molecule has 1 atom stereocenters. The molecule has 0 fully saturated rings. The monoisotopic (exact) mass is 213 g/mol. The molecule has 0 saturated carbocycles. The lowest BCUT2D eigenvalue weighted by atomic mass is 10.2. The first-order chi connectivity index (χ1) is 7.00. The van der Waals surface area contributed by atoms with Crippen molar-refractivity contribution in [3.63, 3.8) is 0 Å². The van der Waals surface area contributed by atoms with Crippen molar-refractivity contribution in [1.82, 2.24) is 0 Å². The quantitative estimate of drug-likeness (QED) is 0.656. The second kappa shape index (κ2) is 3.18. The van der Waals surface area contributed by atoms with Gasteiger partial charge in [-0.05, 0) is 6.92 Å². The fourth-order valence-corrected chi connectivity index (χ4v) is 1.51. The lowest BCUT2D eigenvalue weighted by Gasteiger charge is -2.30. The van der Waals surface area contributed by atoms with Crippen LogP contribution in [0.3, 0.4) is 0 Å². The van der Waals surface area contributed by atoms with E-state index in [-0.39, 0.29) is 17.3 Å². The van der Waals surface area contributed by atoms with Crippen LogP contribution in [-0.4, -0.2) is 19.1 Å². The Morgan fingerprint density at radius 2 is 1.93 bits per heavy atom. The molecule has 0 spiro atoms. The summed E-state index contributed by atoms with van der Waals surface area (Å²) in [5.41, 5.74) is 0.247. The number of likely N-dealkylation sites (N-methyl/N-ethyl adjacent to an activating group) is 1. The Labute approximate surface area is 85.3 Å². The fourth-order valence-electron chi connectivity index (χ4n) is 1.51. The zero-order valence-electron chi connectivity index (χ0n) is 8.25. The van der Waals surface area contributed by atoms with E-state index >= 15 is 0 Å². The molecule has 1 amide bonds. The maximum atomic E-state index is 12.9. The number of amides is 1. The highest BCUT2D eigenvalue weighted by Gasteiger charge is 2.30. The second-order valence-electron chi connectivity index (χ2n) is 3.39. The van der Waals surface area contributed by atoms with Gasteiger partial charge < -0.3 is 9.64 Å². The summed E-state index contributed by atoms with van der Waals surface area (Å²) in [6.07, 6.45) is -0.674. The molecule has 1 unspecified atom stereocenters. The molecule has 1 heterocycles. The van der Waals surface area contributed by atoms with Crippen LogP contribution < -0.4 is 9.64 Å². The number of benzene rings is 1. The molecule has 0 radical (unpaired) electrons. The number of halogens is 2. The van der Waals surface area contributed by atoms with Crippen LogP contribution in [0, 0.1) is 11.6 Å². The molecule has 1 aromatic carbocycles. The molecule has 1 aliphatic rings. The second-order valence-corrected chi connectivity index (χ2v) is 3.39. The van der Waals surface area contributed by atoms with E-state index in [0.29, 0.717) is 0 Å². The van der Waals surface area contributed by atoms with Gasteiger partial charge in [-0.1, -0.05) is 0 Å². The smallest absolute Gasteiger partial charge is 0.267 e. The Kier molecular flexibility index (Phi) is 2.10. The zero-order chi connectivity index (χ0) is 11.2. The van der Waals surface area contributed by atoms with Crippen LogP contribution in [0.1, 0.15) is 6.92 Å². The average molecular weight is 213 g/mol. The number of carbonyl (C=O) groups excluding carboxylic acids is 1. The number of nitrogens with zero attached hydrogens (tertiary/aromatic N) is 1. The molecular weight excluding hydrogens is 204 g/mol. The summed E-state index contributed by atoms with van der Waals surface area (Å²) >= 11 is 0. The van der Waals surface area contributed by atoms with Crippen molar-refractivity contribution in [2.75, 3.05) is 11.9 Å². The lowest BCUT2D eigenvalue weighted by molar-refractivity contribution is -0.125. The number of anilines is 1. The molecule has 1 aromatic rings. The minimum absolute atomic E-state index is 0.184. The van der Waals surface area contributed by atoms with E-state index in [4.69, 9.17) is 4.74 Å². The molecular formula is C10H9F2NO2. The summed E-state index contributed by atoms with van der Waals surface area (Å²) in [6, 6.07) is 1.90. The van der Waals surface area contributed by atoms with Gasteiger partial charge in [-0.2, -0.15) is 0 Å². The molecule has 0 aromatic heterocycles.